The fraction of sp³-hybridized carbons (Fsp3) is 0.444. The zero-order valence-electron chi connectivity index (χ0n) is 16.0. The van der Waals surface area contributed by atoms with Crippen molar-refractivity contribution in [3.8, 4) is 0 Å². The molecule has 1 aliphatic heterocycles. The number of hydrogen-bond donors (Lipinski definition) is 2. The number of amides is 2. The molecule has 150 valence electrons. The largest absolute Gasteiger partial charge is 0.483 e. The molecule has 0 bridgehead atoms. The van der Waals surface area contributed by atoms with Crippen molar-refractivity contribution in [2.45, 2.75) is 39.7 Å². The Morgan fingerprint density at radius 1 is 1.46 bits per heavy atom. The average Bonchev–Trinajstić information content (AvgIpc) is 3.28. The van der Waals surface area contributed by atoms with Gasteiger partial charge < -0.3 is 10.4 Å². The predicted molar refractivity (Wildman–Crippen MR) is 104 cm³/mol. The molecule has 0 saturated carbocycles. The van der Waals surface area contributed by atoms with Gasteiger partial charge in [-0.15, -0.1) is 10.2 Å². The molecule has 1 fully saturated rings. The van der Waals surface area contributed by atoms with Crippen LogP contribution in [0.3, 0.4) is 0 Å². The van der Waals surface area contributed by atoms with Gasteiger partial charge in [-0.25, -0.2) is 0 Å². The number of pyridine rings is 1. The van der Waals surface area contributed by atoms with Crippen molar-refractivity contribution < 1.29 is 19.5 Å². The van der Waals surface area contributed by atoms with Crippen LogP contribution in [0.2, 0.25) is 0 Å². The smallest absolute Gasteiger partial charge is 0.290 e. The normalized spacial score (nSPS) is 15.9. The number of nitrogens with zero attached hydrogens (tertiary/aromatic N) is 4. The number of aromatic nitrogens is 3. The Kier molecular flexibility index (Phi) is 7.56. The summed E-state index contributed by atoms with van der Waals surface area (Å²) < 4.78 is 0. The number of rotatable bonds is 5. The van der Waals surface area contributed by atoms with E-state index in [4.69, 9.17) is 9.90 Å². The fourth-order valence-electron chi connectivity index (χ4n) is 2.66. The molecule has 0 aromatic carbocycles. The molecule has 1 atom stereocenters. The van der Waals surface area contributed by atoms with E-state index in [1.54, 1.807) is 11.1 Å². The maximum absolute atomic E-state index is 12.4. The lowest BCUT2D eigenvalue weighted by atomic mass is 10.1. The highest BCUT2D eigenvalue weighted by Crippen LogP contribution is 2.30. The summed E-state index contributed by atoms with van der Waals surface area (Å²) in [5, 5.41) is 19.5. The Morgan fingerprint density at radius 3 is 2.79 bits per heavy atom. The van der Waals surface area contributed by atoms with Crippen LogP contribution in [-0.4, -0.2) is 45.1 Å². The monoisotopic (exact) mass is 405 g/mol. The molecule has 1 unspecified atom stereocenters. The molecule has 1 aliphatic rings. The first-order chi connectivity index (χ1) is 13.4. The molecule has 10 heteroatoms. The SMILES string of the molecule is Cc1cccnc1CNC(=O)C1CC(=O)N(c2nnc(C(C)C)s2)C1.O=CO. The van der Waals surface area contributed by atoms with Crippen LogP contribution in [0.25, 0.3) is 0 Å². The van der Waals surface area contributed by atoms with Crippen LogP contribution in [0.15, 0.2) is 18.3 Å². The van der Waals surface area contributed by atoms with Gasteiger partial charge in [0.1, 0.15) is 5.01 Å². The van der Waals surface area contributed by atoms with Crippen molar-refractivity contribution in [2.75, 3.05) is 11.4 Å². The molecule has 2 aromatic heterocycles. The van der Waals surface area contributed by atoms with Gasteiger partial charge in [-0.05, 0) is 18.6 Å². The van der Waals surface area contributed by atoms with Crippen LogP contribution >= 0.6 is 11.3 Å². The Hall–Kier alpha value is -2.88. The number of carbonyl (C=O) groups is 3. The van der Waals surface area contributed by atoms with Crippen molar-refractivity contribution in [3.63, 3.8) is 0 Å². The summed E-state index contributed by atoms with van der Waals surface area (Å²) in [6.45, 7) is 6.49. The van der Waals surface area contributed by atoms with E-state index in [2.05, 4.69) is 20.5 Å². The van der Waals surface area contributed by atoms with Crippen LogP contribution in [0, 0.1) is 12.8 Å². The Bertz CT molecular complexity index is 839. The standard InChI is InChI=1S/C17H21N5O2S.CH2O2/c1-10(2)16-20-21-17(25-16)22-9-12(7-14(22)23)15(24)19-8-13-11(3)5-4-6-18-13;2-1-3/h4-6,10,12H,7-9H2,1-3H3,(H,19,24);1H,(H,2,3). The average molecular weight is 405 g/mol. The molecule has 0 radical (unpaired) electrons. The molecule has 28 heavy (non-hydrogen) atoms. The van der Waals surface area contributed by atoms with Gasteiger partial charge in [-0.3, -0.25) is 24.3 Å². The second kappa shape index (κ2) is 9.88. The van der Waals surface area contributed by atoms with Crippen molar-refractivity contribution in [2.24, 2.45) is 5.92 Å². The summed E-state index contributed by atoms with van der Waals surface area (Å²) in [5.74, 6) is -0.317. The minimum atomic E-state index is -0.372. The summed E-state index contributed by atoms with van der Waals surface area (Å²) in [5.41, 5.74) is 1.87. The number of carbonyl (C=O) groups excluding carboxylic acids is 2. The van der Waals surface area contributed by atoms with Gasteiger partial charge in [0.05, 0.1) is 18.2 Å². The molecule has 0 spiro atoms. The van der Waals surface area contributed by atoms with Gasteiger partial charge >= 0.3 is 0 Å². The molecule has 2 amide bonds. The minimum Gasteiger partial charge on any atom is -0.483 e. The van der Waals surface area contributed by atoms with Crippen molar-refractivity contribution in [3.05, 3.63) is 34.6 Å². The van der Waals surface area contributed by atoms with E-state index in [1.807, 2.05) is 32.9 Å². The summed E-state index contributed by atoms with van der Waals surface area (Å²) in [7, 11) is 0. The molecule has 2 N–H and O–H groups in total. The minimum absolute atomic E-state index is 0.0828. The molecule has 3 rings (SSSR count). The van der Waals surface area contributed by atoms with E-state index in [-0.39, 0.29) is 36.5 Å². The van der Waals surface area contributed by atoms with Crippen LogP contribution < -0.4 is 10.2 Å². The highest BCUT2D eigenvalue weighted by molar-refractivity contribution is 7.15. The third-order valence-corrected chi connectivity index (χ3v) is 5.45. The number of nitrogens with one attached hydrogen (secondary N) is 1. The number of aryl methyl sites for hydroxylation is 1. The molecular formula is C18H23N5O4S. The maximum atomic E-state index is 12.4. The second-order valence-corrected chi connectivity index (χ2v) is 7.56. The van der Waals surface area contributed by atoms with Crippen LogP contribution in [0.5, 0.6) is 0 Å². The molecule has 0 aliphatic carbocycles. The highest BCUT2D eigenvalue weighted by Gasteiger charge is 2.36. The van der Waals surface area contributed by atoms with E-state index in [0.717, 1.165) is 16.3 Å². The summed E-state index contributed by atoms with van der Waals surface area (Å²) in [6.07, 6.45) is 1.90. The first kappa shape index (κ1) is 21.4. The molecule has 9 nitrogen and oxygen atoms in total. The van der Waals surface area contributed by atoms with Crippen molar-refractivity contribution in [1.82, 2.24) is 20.5 Å². The van der Waals surface area contributed by atoms with Crippen LogP contribution in [0.1, 0.15) is 42.5 Å². The van der Waals surface area contributed by atoms with Gasteiger partial charge in [0.25, 0.3) is 6.47 Å². The Balaban J connectivity index is 0.000000878. The quantitative estimate of drug-likeness (QED) is 0.726. The van der Waals surface area contributed by atoms with Crippen molar-refractivity contribution in [1.29, 1.82) is 0 Å². The van der Waals surface area contributed by atoms with Gasteiger partial charge in [-0.1, -0.05) is 31.3 Å². The van der Waals surface area contributed by atoms with E-state index in [9.17, 15) is 9.59 Å². The molecule has 2 aromatic rings. The lowest BCUT2D eigenvalue weighted by molar-refractivity contribution is -0.126. The van der Waals surface area contributed by atoms with Crippen LogP contribution in [-0.2, 0) is 20.9 Å². The van der Waals surface area contributed by atoms with Gasteiger partial charge in [0.15, 0.2) is 0 Å². The van der Waals surface area contributed by atoms with E-state index in [0.29, 0.717) is 18.2 Å². The summed E-state index contributed by atoms with van der Waals surface area (Å²) in [6, 6.07) is 3.82. The third kappa shape index (κ3) is 5.32. The number of hydrogen-bond acceptors (Lipinski definition) is 7. The van der Waals surface area contributed by atoms with Crippen LogP contribution in [0.4, 0.5) is 5.13 Å². The summed E-state index contributed by atoms with van der Waals surface area (Å²) >= 11 is 1.41. The first-order valence-corrected chi connectivity index (χ1v) is 9.58. The lowest BCUT2D eigenvalue weighted by Crippen LogP contribution is -2.33. The van der Waals surface area contributed by atoms with Gasteiger partial charge in [0, 0.05) is 25.1 Å². The predicted octanol–water partition coefficient (Wildman–Crippen LogP) is 1.74. The molecule has 1 saturated heterocycles. The van der Waals surface area contributed by atoms with E-state index >= 15 is 0 Å². The Morgan fingerprint density at radius 2 is 2.18 bits per heavy atom. The van der Waals surface area contributed by atoms with E-state index in [1.165, 1.54) is 11.3 Å². The van der Waals surface area contributed by atoms with Gasteiger partial charge in [-0.2, -0.15) is 0 Å². The third-order valence-electron chi connectivity index (χ3n) is 4.20. The molecule has 3 heterocycles. The number of anilines is 1. The molecular weight excluding hydrogens is 382 g/mol. The zero-order chi connectivity index (χ0) is 20.7. The Labute approximate surface area is 166 Å². The topological polar surface area (TPSA) is 125 Å². The second-order valence-electron chi connectivity index (χ2n) is 6.57. The maximum Gasteiger partial charge on any atom is 0.290 e. The fourth-order valence-corrected chi connectivity index (χ4v) is 3.53. The first-order valence-electron chi connectivity index (χ1n) is 8.77. The lowest BCUT2D eigenvalue weighted by Gasteiger charge is -2.13. The van der Waals surface area contributed by atoms with Gasteiger partial charge in [0.2, 0.25) is 16.9 Å². The zero-order valence-corrected chi connectivity index (χ0v) is 16.8. The summed E-state index contributed by atoms with van der Waals surface area (Å²) in [4.78, 5) is 38.9. The number of carboxylic acid groups (broad SMARTS) is 1. The van der Waals surface area contributed by atoms with E-state index < -0.39 is 0 Å². The highest BCUT2D eigenvalue weighted by atomic mass is 32.1. The van der Waals surface area contributed by atoms with Crippen molar-refractivity contribution >= 4 is 34.8 Å².